The Hall–Kier alpha value is -2.51. The van der Waals surface area contributed by atoms with Gasteiger partial charge in [-0.1, -0.05) is 18.2 Å². The predicted molar refractivity (Wildman–Crippen MR) is 98.2 cm³/mol. The molecule has 0 fully saturated rings. The topological polar surface area (TPSA) is 64.0 Å². The van der Waals surface area contributed by atoms with Gasteiger partial charge in [-0.3, -0.25) is 0 Å². The first-order valence-corrected chi connectivity index (χ1v) is 9.64. The van der Waals surface area contributed by atoms with E-state index in [1.165, 1.54) is 12.1 Å². The van der Waals surface area contributed by atoms with E-state index in [0.717, 1.165) is 28.7 Å². The molecule has 0 aliphatic carbocycles. The Morgan fingerprint density at radius 2 is 1.77 bits per heavy atom. The third kappa shape index (κ3) is 3.54. The number of aryl methyl sites for hydroxylation is 2. The van der Waals surface area contributed by atoms with Gasteiger partial charge in [-0.2, -0.15) is 5.10 Å². The Balaban J connectivity index is 1.87. The van der Waals surface area contributed by atoms with Gasteiger partial charge in [-0.05, 0) is 56.7 Å². The summed E-state index contributed by atoms with van der Waals surface area (Å²) in [6, 6.07) is 13.3. The zero-order valence-corrected chi connectivity index (χ0v) is 15.6. The van der Waals surface area contributed by atoms with Gasteiger partial charge in [0.2, 0.25) is 10.0 Å². The number of benzene rings is 2. The summed E-state index contributed by atoms with van der Waals surface area (Å²) in [4.78, 5) is 0.0738. The molecule has 26 heavy (non-hydrogen) atoms. The van der Waals surface area contributed by atoms with Gasteiger partial charge in [0.25, 0.3) is 0 Å². The van der Waals surface area contributed by atoms with Crippen molar-refractivity contribution >= 4 is 10.0 Å². The lowest BCUT2D eigenvalue weighted by Crippen LogP contribution is -2.24. The number of nitrogens with zero attached hydrogens (tertiary/aromatic N) is 2. The molecule has 0 saturated heterocycles. The molecule has 0 spiro atoms. The van der Waals surface area contributed by atoms with Gasteiger partial charge in [-0.15, -0.1) is 0 Å². The molecular weight excluding hydrogens is 353 g/mol. The summed E-state index contributed by atoms with van der Waals surface area (Å²) in [5.74, 6) is -0.461. The van der Waals surface area contributed by atoms with Crippen LogP contribution >= 0.6 is 0 Å². The molecule has 1 heterocycles. The van der Waals surface area contributed by atoms with Crippen molar-refractivity contribution in [1.82, 2.24) is 14.5 Å². The Morgan fingerprint density at radius 1 is 1.08 bits per heavy atom. The molecule has 1 N–H and O–H groups in total. The summed E-state index contributed by atoms with van der Waals surface area (Å²) in [5, 5.41) is 4.52. The SMILES string of the molecule is Cc1cc(F)ccc1S(=O)(=O)NCc1c(C)nn(-c2ccccc2)c1C. The Bertz CT molecular complexity index is 1040. The van der Waals surface area contributed by atoms with E-state index in [1.54, 1.807) is 11.6 Å². The van der Waals surface area contributed by atoms with Gasteiger partial charge in [0.15, 0.2) is 0 Å². The summed E-state index contributed by atoms with van der Waals surface area (Å²) in [5.41, 5.74) is 3.72. The maximum atomic E-state index is 13.2. The summed E-state index contributed by atoms with van der Waals surface area (Å²) in [6.45, 7) is 5.43. The molecule has 136 valence electrons. The van der Waals surface area contributed by atoms with E-state index in [2.05, 4.69) is 9.82 Å². The molecule has 0 saturated carbocycles. The Labute approximate surface area is 152 Å². The van der Waals surface area contributed by atoms with Crippen LogP contribution in [0.4, 0.5) is 4.39 Å². The molecule has 0 bridgehead atoms. The highest BCUT2D eigenvalue weighted by molar-refractivity contribution is 7.89. The lowest BCUT2D eigenvalue weighted by molar-refractivity contribution is 0.579. The molecule has 0 unspecified atom stereocenters. The van der Waals surface area contributed by atoms with Crippen molar-refractivity contribution in [2.45, 2.75) is 32.2 Å². The normalized spacial score (nSPS) is 11.7. The van der Waals surface area contributed by atoms with E-state index >= 15 is 0 Å². The van der Waals surface area contributed by atoms with Gasteiger partial charge in [0, 0.05) is 17.8 Å². The van der Waals surface area contributed by atoms with Crippen LogP contribution in [0, 0.1) is 26.6 Å². The monoisotopic (exact) mass is 373 g/mol. The zero-order valence-electron chi connectivity index (χ0n) is 14.8. The van der Waals surface area contributed by atoms with Crippen molar-refractivity contribution in [2.24, 2.45) is 0 Å². The molecule has 3 rings (SSSR count). The molecule has 0 aliphatic heterocycles. The third-order valence-corrected chi connectivity index (χ3v) is 5.87. The van der Waals surface area contributed by atoms with E-state index < -0.39 is 15.8 Å². The first-order chi connectivity index (χ1) is 12.3. The first kappa shape index (κ1) is 18.3. The van der Waals surface area contributed by atoms with Crippen molar-refractivity contribution in [2.75, 3.05) is 0 Å². The summed E-state index contributed by atoms with van der Waals surface area (Å²) < 4.78 is 42.8. The number of sulfonamides is 1. The van der Waals surface area contributed by atoms with Gasteiger partial charge >= 0.3 is 0 Å². The number of nitrogens with one attached hydrogen (secondary N) is 1. The third-order valence-electron chi connectivity index (χ3n) is 4.31. The fraction of sp³-hybridized carbons (Fsp3) is 0.211. The quantitative estimate of drug-likeness (QED) is 0.745. The number of hydrogen-bond acceptors (Lipinski definition) is 3. The van der Waals surface area contributed by atoms with Crippen LogP contribution in [0.3, 0.4) is 0 Å². The highest BCUT2D eigenvalue weighted by Gasteiger charge is 2.19. The highest BCUT2D eigenvalue weighted by Crippen LogP contribution is 2.20. The number of para-hydroxylation sites is 1. The fourth-order valence-corrected chi connectivity index (χ4v) is 4.13. The van der Waals surface area contributed by atoms with E-state index in [9.17, 15) is 12.8 Å². The summed E-state index contributed by atoms with van der Waals surface area (Å²) in [6.07, 6.45) is 0. The second kappa shape index (κ2) is 7.01. The minimum absolute atomic E-state index is 0.0738. The number of aromatic nitrogens is 2. The van der Waals surface area contributed by atoms with E-state index in [0.29, 0.717) is 5.56 Å². The number of halogens is 1. The predicted octanol–water partition coefficient (Wildman–Crippen LogP) is 3.42. The molecule has 3 aromatic rings. The minimum Gasteiger partial charge on any atom is -0.238 e. The van der Waals surface area contributed by atoms with Crippen LogP contribution < -0.4 is 4.72 Å². The molecule has 2 aromatic carbocycles. The van der Waals surface area contributed by atoms with Crippen LogP contribution in [0.5, 0.6) is 0 Å². The van der Waals surface area contributed by atoms with E-state index in [-0.39, 0.29) is 11.4 Å². The Morgan fingerprint density at radius 3 is 2.42 bits per heavy atom. The average Bonchev–Trinajstić information content (AvgIpc) is 2.88. The lowest BCUT2D eigenvalue weighted by Gasteiger charge is -2.10. The van der Waals surface area contributed by atoms with Crippen molar-refractivity contribution in [3.8, 4) is 5.69 Å². The highest BCUT2D eigenvalue weighted by atomic mass is 32.2. The number of hydrogen-bond donors (Lipinski definition) is 1. The summed E-state index contributed by atoms with van der Waals surface area (Å²) in [7, 11) is -3.75. The molecule has 1 aromatic heterocycles. The van der Waals surface area contributed by atoms with Crippen molar-refractivity contribution < 1.29 is 12.8 Å². The van der Waals surface area contributed by atoms with Crippen molar-refractivity contribution in [1.29, 1.82) is 0 Å². The van der Waals surface area contributed by atoms with Gasteiger partial charge < -0.3 is 0 Å². The molecule has 0 radical (unpaired) electrons. The van der Waals surface area contributed by atoms with E-state index in [1.807, 2.05) is 44.2 Å². The fourth-order valence-electron chi connectivity index (χ4n) is 2.91. The second-order valence-corrected chi connectivity index (χ2v) is 7.87. The Kier molecular flexibility index (Phi) is 4.93. The molecule has 7 heteroatoms. The molecule has 5 nitrogen and oxygen atoms in total. The van der Waals surface area contributed by atoms with Crippen LogP contribution in [-0.4, -0.2) is 18.2 Å². The molecule has 0 amide bonds. The van der Waals surface area contributed by atoms with Crippen LogP contribution in [0.15, 0.2) is 53.4 Å². The van der Waals surface area contributed by atoms with Crippen LogP contribution in [-0.2, 0) is 16.6 Å². The van der Waals surface area contributed by atoms with Crippen molar-refractivity contribution in [3.63, 3.8) is 0 Å². The van der Waals surface area contributed by atoms with Gasteiger partial charge in [-0.25, -0.2) is 22.2 Å². The van der Waals surface area contributed by atoms with Crippen LogP contribution in [0.25, 0.3) is 5.69 Å². The van der Waals surface area contributed by atoms with Gasteiger partial charge in [0.05, 0.1) is 16.3 Å². The summed E-state index contributed by atoms with van der Waals surface area (Å²) >= 11 is 0. The second-order valence-electron chi connectivity index (χ2n) is 6.13. The first-order valence-electron chi connectivity index (χ1n) is 8.16. The zero-order chi connectivity index (χ0) is 18.9. The maximum absolute atomic E-state index is 13.2. The van der Waals surface area contributed by atoms with Crippen LogP contribution in [0.1, 0.15) is 22.5 Å². The average molecular weight is 373 g/mol. The van der Waals surface area contributed by atoms with Crippen molar-refractivity contribution in [3.05, 3.63) is 76.9 Å². The number of rotatable bonds is 5. The smallest absolute Gasteiger partial charge is 0.238 e. The largest absolute Gasteiger partial charge is 0.241 e. The minimum atomic E-state index is -3.75. The molecular formula is C19H20FN3O2S. The van der Waals surface area contributed by atoms with E-state index in [4.69, 9.17) is 0 Å². The van der Waals surface area contributed by atoms with Crippen LogP contribution in [0.2, 0.25) is 0 Å². The standard InChI is InChI=1S/C19H20FN3O2S/c1-13-11-16(20)9-10-19(13)26(24,25)21-12-18-14(2)22-23(15(18)3)17-7-5-4-6-8-17/h4-11,21H,12H2,1-3H3. The van der Waals surface area contributed by atoms with Gasteiger partial charge in [0.1, 0.15) is 5.82 Å². The molecule has 0 atom stereocenters. The lowest BCUT2D eigenvalue weighted by atomic mass is 10.2. The maximum Gasteiger partial charge on any atom is 0.241 e. The molecule has 0 aliphatic rings.